The third-order valence-corrected chi connectivity index (χ3v) is 7.73. The van der Waals surface area contributed by atoms with Crippen LogP contribution in [0.1, 0.15) is 60.1 Å². The Bertz CT molecular complexity index is 1100. The van der Waals surface area contributed by atoms with Gasteiger partial charge in [0.1, 0.15) is 22.9 Å². The molecule has 1 aromatic carbocycles. The molecule has 0 bridgehead atoms. The quantitative estimate of drug-likeness (QED) is 0.582. The van der Waals surface area contributed by atoms with Crippen LogP contribution in [-0.2, 0) is 27.1 Å². The van der Waals surface area contributed by atoms with Crippen LogP contribution in [0.3, 0.4) is 0 Å². The van der Waals surface area contributed by atoms with Gasteiger partial charge in [0.25, 0.3) is 0 Å². The highest BCUT2D eigenvalue weighted by atomic mass is 32.1. The van der Waals surface area contributed by atoms with E-state index in [2.05, 4.69) is 16.7 Å². The Labute approximate surface area is 209 Å². The number of carbonyl (C=O) groups excluding carboxylic acids is 2. The Balaban J connectivity index is 1.35. The van der Waals surface area contributed by atoms with Gasteiger partial charge in [0.15, 0.2) is 0 Å². The molecule has 2 aliphatic rings. The van der Waals surface area contributed by atoms with Crippen molar-refractivity contribution >= 4 is 28.3 Å². The van der Waals surface area contributed by atoms with Gasteiger partial charge in [-0.2, -0.15) is 5.26 Å². The lowest BCUT2D eigenvalue weighted by atomic mass is 9.93. The van der Waals surface area contributed by atoms with Crippen molar-refractivity contribution in [2.45, 2.75) is 63.5 Å². The summed E-state index contributed by atoms with van der Waals surface area (Å²) < 4.78 is 16.3. The molecule has 1 fully saturated rings. The predicted octanol–water partition coefficient (Wildman–Crippen LogP) is 4.52. The first-order valence-corrected chi connectivity index (χ1v) is 12.8. The van der Waals surface area contributed by atoms with Gasteiger partial charge in [-0.05, 0) is 54.9 Å². The van der Waals surface area contributed by atoms with E-state index in [1.54, 1.807) is 7.11 Å². The molecule has 1 aliphatic carbocycles. The van der Waals surface area contributed by atoms with Gasteiger partial charge in [-0.3, -0.25) is 4.79 Å². The van der Waals surface area contributed by atoms with Crippen LogP contribution in [0, 0.1) is 11.3 Å². The van der Waals surface area contributed by atoms with Crippen molar-refractivity contribution in [2.75, 3.05) is 25.6 Å². The Kier molecular flexibility index (Phi) is 8.26. The molecular weight excluding hydrogens is 466 g/mol. The maximum atomic E-state index is 12.8. The van der Waals surface area contributed by atoms with E-state index in [1.165, 1.54) is 11.3 Å². The van der Waals surface area contributed by atoms with Gasteiger partial charge < -0.3 is 24.8 Å². The molecule has 2 atom stereocenters. The third-order valence-electron chi connectivity index (χ3n) is 6.56. The van der Waals surface area contributed by atoms with Gasteiger partial charge in [-0.25, -0.2) is 4.79 Å². The summed E-state index contributed by atoms with van der Waals surface area (Å²) >= 11 is 1.41. The second-order valence-electron chi connectivity index (χ2n) is 9.05. The van der Waals surface area contributed by atoms with Crippen LogP contribution in [0.5, 0.6) is 5.75 Å². The van der Waals surface area contributed by atoms with E-state index in [0.29, 0.717) is 49.5 Å². The van der Waals surface area contributed by atoms with E-state index in [9.17, 15) is 14.9 Å². The molecule has 186 valence electrons. The molecule has 2 unspecified atom stereocenters. The molecule has 2 N–H and O–H groups in total. The summed E-state index contributed by atoms with van der Waals surface area (Å²) in [6.45, 7) is 3.29. The first kappa shape index (κ1) is 25.0. The number of thiophene rings is 1. The third kappa shape index (κ3) is 6.32. The van der Waals surface area contributed by atoms with Gasteiger partial charge in [0, 0.05) is 37.0 Å². The number of alkyl carbamates (subject to hydrolysis) is 1. The van der Waals surface area contributed by atoms with Crippen molar-refractivity contribution < 1.29 is 23.8 Å². The molecule has 2 amide bonds. The summed E-state index contributed by atoms with van der Waals surface area (Å²) in [4.78, 5) is 26.1. The molecule has 2 heterocycles. The largest absolute Gasteiger partial charge is 0.497 e. The van der Waals surface area contributed by atoms with E-state index >= 15 is 0 Å². The molecule has 35 heavy (non-hydrogen) atoms. The number of nitrogens with zero attached hydrogens (tertiary/aromatic N) is 1. The predicted molar refractivity (Wildman–Crippen MR) is 133 cm³/mol. The van der Waals surface area contributed by atoms with Crippen molar-refractivity contribution in [3.05, 3.63) is 45.8 Å². The molecule has 1 aliphatic heterocycles. The summed E-state index contributed by atoms with van der Waals surface area (Å²) in [5.41, 5.74) is 2.50. The zero-order chi connectivity index (χ0) is 24.8. The first-order chi connectivity index (χ1) is 17.0. The Hall–Kier alpha value is -3.09. The number of hydrogen-bond acceptors (Lipinski definition) is 7. The molecule has 0 radical (unpaired) electrons. The lowest BCUT2D eigenvalue weighted by Crippen LogP contribution is -2.41. The smallest absolute Gasteiger partial charge is 0.407 e. The van der Waals surface area contributed by atoms with Crippen LogP contribution < -0.4 is 15.4 Å². The van der Waals surface area contributed by atoms with Gasteiger partial charge in [-0.15, -0.1) is 11.3 Å². The van der Waals surface area contributed by atoms with Crippen molar-refractivity contribution in [2.24, 2.45) is 0 Å². The number of hydrogen-bond donors (Lipinski definition) is 2. The van der Waals surface area contributed by atoms with Crippen molar-refractivity contribution in [3.63, 3.8) is 0 Å². The van der Waals surface area contributed by atoms with Gasteiger partial charge >= 0.3 is 6.09 Å². The normalized spacial score (nSPS) is 18.6. The van der Waals surface area contributed by atoms with Crippen LogP contribution in [0.2, 0.25) is 0 Å². The maximum Gasteiger partial charge on any atom is 0.407 e. The highest BCUT2D eigenvalue weighted by Crippen LogP contribution is 2.38. The molecular formula is C26H31N3O5S. The SMILES string of the molecule is COc1cccc(C(C)CC(=O)Nc2sc3c(c2C#N)CCC(OC(=O)NC2CCOCC2)C3)c1. The Morgan fingerprint density at radius 3 is 2.83 bits per heavy atom. The average Bonchev–Trinajstić information content (AvgIpc) is 3.20. The van der Waals surface area contributed by atoms with Crippen LogP contribution >= 0.6 is 11.3 Å². The van der Waals surface area contributed by atoms with Crippen LogP contribution in [0.25, 0.3) is 0 Å². The minimum Gasteiger partial charge on any atom is -0.497 e. The second kappa shape index (κ2) is 11.6. The lowest BCUT2D eigenvalue weighted by molar-refractivity contribution is -0.116. The van der Waals surface area contributed by atoms with E-state index in [4.69, 9.17) is 14.2 Å². The number of anilines is 1. The van der Waals surface area contributed by atoms with E-state index in [1.807, 2.05) is 31.2 Å². The van der Waals surface area contributed by atoms with Gasteiger partial charge in [0.05, 0.1) is 12.7 Å². The van der Waals surface area contributed by atoms with E-state index in [-0.39, 0.29) is 24.0 Å². The van der Waals surface area contributed by atoms with Gasteiger partial charge in [0.2, 0.25) is 5.91 Å². The fourth-order valence-corrected chi connectivity index (χ4v) is 5.86. The zero-order valence-electron chi connectivity index (χ0n) is 20.1. The number of nitriles is 1. The Morgan fingerprint density at radius 1 is 1.29 bits per heavy atom. The maximum absolute atomic E-state index is 12.8. The molecule has 0 spiro atoms. The number of ether oxygens (including phenoxy) is 3. The second-order valence-corrected chi connectivity index (χ2v) is 10.2. The molecule has 2 aromatic rings. The summed E-state index contributed by atoms with van der Waals surface area (Å²) in [6.07, 6.45) is 3.07. The summed E-state index contributed by atoms with van der Waals surface area (Å²) in [5, 5.41) is 16.2. The number of amides is 2. The number of methoxy groups -OCH3 is 1. The zero-order valence-corrected chi connectivity index (χ0v) is 20.9. The molecule has 9 heteroatoms. The van der Waals surface area contributed by atoms with Crippen LogP contribution in [0.15, 0.2) is 24.3 Å². The number of fused-ring (bicyclic) bond motifs is 1. The van der Waals surface area contributed by atoms with Crippen LogP contribution in [0.4, 0.5) is 9.80 Å². The van der Waals surface area contributed by atoms with E-state index in [0.717, 1.165) is 34.6 Å². The molecule has 1 saturated heterocycles. The summed E-state index contributed by atoms with van der Waals surface area (Å²) in [6, 6.07) is 10.0. The summed E-state index contributed by atoms with van der Waals surface area (Å²) in [7, 11) is 1.62. The molecule has 1 aromatic heterocycles. The van der Waals surface area contributed by atoms with Crippen LogP contribution in [-0.4, -0.2) is 44.5 Å². The average molecular weight is 498 g/mol. The van der Waals surface area contributed by atoms with Crippen molar-refractivity contribution in [1.29, 1.82) is 5.26 Å². The molecule has 0 saturated carbocycles. The minimum absolute atomic E-state index is 0.00255. The van der Waals surface area contributed by atoms with E-state index < -0.39 is 6.09 Å². The topological polar surface area (TPSA) is 110 Å². The highest BCUT2D eigenvalue weighted by Gasteiger charge is 2.29. The fraction of sp³-hybridized carbons (Fsp3) is 0.500. The lowest BCUT2D eigenvalue weighted by Gasteiger charge is -2.26. The summed E-state index contributed by atoms with van der Waals surface area (Å²) in [5.74, 6) is 0.613. The van der Waals surface area contributed by atoms with Crippen molar-refractivity contribution in [1.82, 2.24) is 5.32 Å². The first-order valence-electron chi connectivity index (χ1n) is 12.0. The monoisotopic (exact) mass is 497 g/mol. The number of nitrogens with one attached hydrogen (secondary N) is 2. The standard InChI is InChI=1S/C26H31N3O5S/c1-16(17-4-3-5-19(13-17)32-2)12-24(30)29-25-22(15-27)21-7-6-20(14-23(21)35-25)34-26(31)28-18-8-10-33-11-9-18/h3-5,13,16,18,20H,6-12,14H2,1-2H3,(H,28,31)(H,29,30). The number of rotatable bonds is 7. The molecule has 4 rings (SSSR count). The Morgan fingerprint density at radius 2 is 2.09 bits per heavy atom. The fourth-order valence-electron chi connectivity index (χ4n) is 4.58. The van der Waals surface area contributed by atoms with Crippen molar-refractivity contribution in [3.8, 4) is 11.8 Å². The number of benzene rings is 1. The molecule has 8 nitrogen and oxygen atoms in total. The highest BCUT2D eigenvalue weighted by molar-refractivity contribution is 7.16. The number of carbonyl (C=O) groups is 2. The van der Waals surface area contributed by atoms with Gasteiger partial charge in [-0.1, -0.05) is 19.1 Å². The minimum atomic E-state index is -0.400.